The fraction of sp³-hybridized carbons (Fsp3) is 0.500. The minimum Gasteiger partial charge on any atom is -0.478 e. The lowest BCUT2D eigenvalue weighted by molar-refractivity contribution is -0.114. The largest absolute Gasteiger partial charge is 0.478 e. The summed E-state index contributed by atoms with van der Waals surface area (Å²) < 4.78 is 0. The van der Waals surface area contributed by atoms with Crippen molar-refractivity contribution < 1.29 is 14.7 Å². The van der Waals surface area contributed by atoms with Crippen LogP contribution in [-0.2, 0) is 4.79 Å². The van der Waals surface area contributed by atoms with E-state index in [1.807, 2.05) is 4.90 Å². The molecule has 1 unspecified atom stereocenters. The van der Waals surface area contributed by atoms with E-state index in [9.17, 15) is 14.7 Å². The molecule has 1 aliphatic rings. The number of carboxylic acids is 1. The van der Waals surface area contributed by atoms with E-state index in [-0.39, 0.29) is 11.5 Å². The number of carbonyl (C=O) groups is 2. The van der Waals surface area contributed by atoms with Crippen LogP contribution in [0.3, 0.4) is 0 Å². The predicted octanol–water partition coefficient (Wildman–Crippen LogP) is 1.97. The van der Waals surface area contributed by atoms with Crippen LogP contribution in [-0.4, -0.2) is 35.1 Å². The van der Waals surface area contributed by atoms with Gasteiger partial charge in [-0.15, -0.1) is 0 Å². The molecule has 6 heteroatoms. The predicted molar refractivity (Wildman–Crippen MR) is 76.1 cm³/mol. The second-order valence-electron chi connectivity index (χ2n) is 5.27. The van der Waals surface area contributed by atoms with Gasteiger partial charge in [-0.3, -0.25) is 4.79 Å². The molecule has 0 radical (unpaired) electrons. The number of carbonyl (C=O) groups excluding carboxylic acids is 1. The molecule has 108 valence electrons. The van der Waals surface area contributed by atoms with Crippen molar-refractivity contribution in [2.75, 3.05) is 23.3 Å². The van der Waals surface area contributed by atoms with E-state index in [1.54, 1.807) is 0 Å². The van der Waals surface area contributed by atoms with Gasteiger partial charge in [0.1, 0.15) is 11.4 Å². The summed E-state index contributed by atoms with van der Waals surface area (Å²) in [5.41, 5.74) is 0.536. The highest BCUT2D eigenvalue weighted by Crippen LogP contribution is 2.26. The quantitative estimate of drug-likeness (QED) is 0.882. The molecule has 20 heavy (non-hydrogen) atoms. The Balaban J connectivity index is 2.32. The Hall–Kier alpha value is -2.11. The molecule has 0 saturated carbocycles. The molecule has 2 rings (SSSR count). The number of aromatic nitrogens is 1. The number of rotatable bonds is 3. The van der Waals surface area contributed by atoms with Crippen LogP contribution in [0.15, 0.2) is 12.3 Å². The molecule has 1 aliphatic heterocycles. The number of nitrogens with zero attached hydrogens (tertiary/aromatic N) is 2. The summed E-state index contributed by atoms with van der Waals surface area (Å²) in [7, 11) is 0. The standard InChI is InChI=1S/C14H19N3O3/c1-9-4-3-5-17(8-9)13-12(14(19)20)6-11(7-15-13)16-10(2)18/h6-7,9H,3-5,8H2,1-2H3,(H,16,18)(H,19,20). The Bertz CT molecular complexity index is 530. The van der Waals surface area contributed by atoms with Gasteiger partial charge in [-0.2, -0.15) is 0 Å². The highest BCUT2D eigenvalue weighted by atomic mass is 16.4. The lowest BCUT2D eigenvalue weighted by Crippen LogP contribution is -2.36. The molecule has 2 heterocycles. The monoisotopic (exact) mass is 277 g/mol. The van der Waals surface area contributed by atoms with Gasteiger partial charge in [-0.05, 0) is 24.8 Å². The van der Waals surface area contributed by atoms with Gasteiger partial charge in [-0.25, -0.2) is 9.78 Å². The van der Waals surface area contributed by atoms with Crippen molar-refractivity contribution in [2.45, 2.75) is 26.7 Å². The van der Waals surface area contributed by atoms with Gasteiger partial charge >= 0.3 is 5.97 Å². The molecule has 1 atom stereocenters. The topological polar surface area (TPSA) is 82.5 Å². The number of piperidine rings is 1. The fourth-order valence-electron chi connectivity index (χ4n) is 2.52. The number of anilines is 2. The van der Waals surface area contributed by atoms with E-state index < -0.39 is 5.97 Å². The molecule has 0 aromatic carbocycles. The molecule has 1 saturated heterocycles. The van der Waals surface area contributed by atoms with Crippen molar-refractivity contribution in [1.82, 2.24) is 4.98 Å². The summed E-state index contributed by atoms with van der Waals surface area (Å²) in [6.45, 7) is 5.16. The van der Waals surface area contributed by atoms with Gasteiger partial charge < -0.3 is 15.3 Å². The van der Waals surface area contributed by atoms with Crippen LogP contribution >= 0.6 is 0 Å². The number of hydrogen-bond donors (Lipinski definition) is 2. The Morgan fingerprint density at radius 2 is 2.25 bits per heavy atom. The van der Waals surface area contributed by atoms with Crippen LogP contribution in [0, 0.1) is 5.92 Å². The van der Waals surface area contributed by atoms with E-state index in [0.717, 1.165) is 25.9 Å². The summed E-state index contributed by atoms with van der Waals surface area (Å²) in [6, 6.07) is 1.46. The summed E-state index contributed by atoms with van der Waals surface area (Å²) in [5, 5.41) is 11.9. The van der Waals surface area contributed by atoms with Crippen molar-refractivity contribution in [2.24, 2.45) is 5.92 Å². The van der Waals surface area contributed by atoms with Crippen LogP contribution in [0.5, 0.6) is 0 Å². The first-order valence-corrected chi connectivity index (χ1v) is 6.73. The average Bonchev–Trinajstić information content (AvgIpc) is 2.37. The van der Waals surface area contributed by atoms with Crippen LogP contribution in [0.25, 0.3) is 0 Å². The second-order valence-corrected chi connectivity index (χ2v) is 5.27. The van der Waals surface area contributed by atoms with E-state index in [2.05, 4.69) is 17.2 Å². The van der Waals surface area contributed by atoms with Crippen LogP contribution < -0.4 is 10.2 Å². The molecule has 1 aromatic heterocycles. The minimum atomic E-state index is -1.03. The van der Waals surface area contributed by atoms with Crippen molar-refractivity contribution in [1.29, 1.82) is 0 Å². The van der Waals surface area contributed by atoms with Gasteiger partial charge in [0.25, 0.3) is 0 Å². The number of carboxylic acid groups (broad SMARTS) is 1. The highest BCUT2D eigenvalue weighted by molar-refractivity contribution is 5.96. The molecule has 1 aromatic rings. The van der Waals surface area contributed by atoms with Crippen molar-refractivity contribution in [3.8, 4) is 0 Å². The third-order valence-corrected chi connectivity index (χ3v) is 3.37. The molecule has 1 fully saturated rings. The Kier molecular flexibility index (Phi) is 4.22. The zero-order valence-electron chi connectivity index (χ0n) is 11.7. The molecule has 2 N–H and O–H groups in total. The summed E-state index contributed by atoms with van der Waals surface area (Å²) in [6.07, 6.45) is 3.70. The first-order valence-electron chi connectivity index (χ1n) is 6.73. The molecule has 0 bridgehead atoms. The van der Waals surface area contributed by atoms with Crippen LogP contribution in [0.4, 0.5) is 11.5 Å². The van der Waals surface area contributed by atoms with Gasteiger partial charge in [0.15, 0.2) is 0 Å². The lowest BCUT2D eigenvalue weighted by Gasteiger charge is -2.32. The molecular formula is C14H19N3O3. The van der Waals surface area contributed by atoms with Crippen molar-refractivity contribution in [3.05, 3.63) is 17.8 Å². The average molecular weight is 277 g/mol. The van der Waals surface area contributed by atoms with E-state index in [4.69, 9.17) is 0 Å². The fourth-order valence-corrected chi connectivity index (χ4v) is 2.52. The van der Waals surface area contributed by atoms with E-state index in [1.165, 1.54) is 19.2 Å². The highest BCUT2D eigenvalue weighted by Gasteiger charge is 2.23. The Morgan fingerprint density at radius 3 is 2.85 bits per heavy atom. The number of amides is 1. The summed E-state index contributed by atoms with van der Waals surface area (Å²) in [5.74, 6) is -0.263. The van der Waals surface area contributed by atoms with Gasteiger partial charge in [0.2, 0.25) is 5.91 Å². The maximum absolute atomic E-state index is 11.4. The Labute approximate surface area is 117 Å². The normalized spacial score (nSPS) is 18.7. The van der Waals surface area contributed by atoms with Gasteiger partial charge in [0, 0.05) is 20.0 Å². The number of nitrogens with one attached hydrogen (secondary N) is 1. The number of aromatic carboxylic acids is 1. The third kappa shape index (κ3) is 3.26. The SMILES string of the molecule is CC(=O)Nc1cnc(N2CCCC(C)C2)c(C(=O)O)c1. The summed E-state index contributed by atoms with van der Waals surface area (Å²) in [4.78, 5) is 28.7. The van der Waals surface area contributed by atoms with E-state index in [0.29, 0.717) is 17.4 Å². The second kappa shape index (κ2) is 5.90. The van der Waals surface area contributed by atoms with Gasteiger partial charge in [0.05, 0.1) is 11.9 Å². The zero-order valence-corrected chi connectivity index (χ0v) is 11.7. The third-order valence-electron chi connectivity index (χ3n) is 3.37. The van der Waals surface area contributed by atoms with Gasteiger partial charge in [-0.1, -0.05) is 6.92 Å². The van der Waals surface area contributed by atoms with Crippen LogP contribution in [0.2, 0.25) is 0 Å². The van der Waals surface area contributed by atoms with Crippen molar-refractivity contribution in [3.63, 3.8) is 0 Å². The number of hydrogen-bond acceptors (Lipinski definition) is 4. The molecule has 6 nitrogen and oxygen atoms in total. The maximum atomic E-state index is 11.4. The summed E-state index contributed by atoms with van der Waals surface area (Å²) >= 11 is 0. The molecule has 1 amide bonds. The van der Waals surface area contributed by atoms with Crippen LogP contribution in [0.1, 0.15) is 37.0 Å². The first-order chi connectivity index (χ1) is 9.47. The van der Waals surface area contributed by atoms with E-state index >= 15 is 0 Å². The molecule has 0 spiro atoms. The molecular weight excluding hydrogens is 258 g/mol. The first kappa shape index (κ1) is 14.3. The maximum Gasteiger partial charge on any atom is 0.339 e. The number of pyridine rings is 1. The smallest absolute Gasteiger partial charge is 0.339 e. The zero-order chi connectivity index (χ0) is 14.7. The lowest BCUT2D eigenvalue weighted by atomic mass is 10.00. The Morgan fingerprint density at radius 1 is 1.50 bits per heavy atom. The molecule has 0 aliphatic carbocycles. The minimum absolute atomic E-state index is 0.130. The van der Waals surface area contributed by atoms with Crippen molar-refractivity contribution >= 4 is 23.4 Å².